The van der Waals surface area contributed by atoms with Crippen LogP contribution in [0, 0.1) is 5.82 Å². The van der Waals surface area contributed by atoms with Gasteiger partial charge in [0.1, 0.15) is 17.6 Å². The van der Waals surface area contributed by atoms with Crippen molar-refractivity contribution in [2.24, 2.45) is 0 Å². The third-order valence-electron chi connectivity index (χ3n) is 6.55. The van der Waals surface area contributed by atoms with Gasteiger partial charge in [-0.15, -0.1) is 0 Å². The highest BCUT2D eigenvalue weighted by Crippen LogP contribution is 2.49. The van der Waals surface area contributed by atoms with E-state index < -0.39 is 46.6 Å². The SMILES string of the molecule is COc1c(C2CN(S(=O)(=O)N(C)C)C2C(F)(F)F)nn(C(=O)c2ccccc2Cl)c1N(C)Cc1ccc(F)cc1. The van der Waals surface area contributed by atoms with E-state index in [1.165, 1.54) is 48.4 Å². The van der Waals surface area contributed by atoms with Crippen LogP contribution in [-0.4, -0.2) is 79.7 Å². The van der Waals surface area contributed by atoms with Crippen molar-refractivity contribution in [2.75, 3.05) is 39.7 Å². The Kier molecular flexibility index (Phi) is 8.18. The van der Waals surface area contributed by atoms with Crippen molar-refractivity contribution >= 4 is 33.5 Å². The number of halogens is 5. The summed E-state index contributed by atoms with van der Waals surface area (Å²) in [6, 6.07) is 9.19. The maximum Gasteiger partial charge on any atom is 0.405 e. The summed E-state index contributed by atoms with van der Waals surface area (Å²) in [5, 5.41) is 4.36. The van der Waals surface area contributed by atoms with Crippen molar-refractivity contribution < 1.29 is 35.5 Å². The van der Waals surface area contributed by atoms with Gasteiger partial charge in [0.2, 0.25) is 0 Å². The third-order valence-corrected chi connectivity index (χ3v) is 8.77. The first kappa shape index (κ1) is 29.8. The molecule has 1 aliphatic heterocycles. The van der Waals surface area contributed by atoms with Crippen molar-refractivity contribution in [1.29, 1.82) is 0 Å². The number of aromatic nitrogens is 2. The van der Waals surface area contributed by atoms with Gasteiger partial charge >= 0.3 is 6.18 Å². The molecule has 1 aliphatic rings. The number of carbonyl (C=O) groups excluding carboxylic acids is 1. The topological polar surface area (TPSA) is 88.0 Å². The Morgan fingerprint density at radius 2 is 1.75 bits per heavy atom. The first-order valence-corrected chi connectivity index (χ1v) is 13.6. The molecule has 2 aromatic carbocycles. The smallest absolute Gasteiger partial charge is 0.405 e. The Morgan fingerprint density at radius 3 is 2.30 bits per heavy atom. The van der Waals surface area contributed by atoms with E-state index in [0.717, 1.165) is 18.8 Å². The molecule has 3 aromatic rings. The summed E-state index contributed by atoms with van der Waals surface area (Å²) >= 11 is 6.24. The van der Waals surface area contributed by atoms with E-state index in [0.29, 0.717) is 14.2 Å². The average Bonchev–Trinajstić information content (AvgIpc) is 3.22. The highest BCUT2D eigenvalue weighted by atomic mass is 35.5. The predicted molar refractivity (Wildman–Crippen MR) is 140 cm³/mol. The zero-order chi connectivity index (χ0) is 29.6. The monoisotopic (exact) mass is 603 g/mol. The molecule has 40 heavy (non-hydrogen) atoms. The van der Waals surface area contributed by atoms with Crippen molar-refractivity contribution in [2.45, 2.75) is 24.7 Å². The van der Waals surface area contributed by atoms with Gasteiger partial charge in [-0.2, -0.15) is 40.0 Å². The molecule has 2 unspecified atom stereocenters. The minimum atomic E-state index is -4.95. The highest BCUT2D eigenvalue weighted by molar-refractivity contribution is 7.86. The van der Waals surface area contributed by atoms with Gasteiger partial charge in [-0.1, -0.05) is 35.9 Å². The second-order valence-corrected chi connectivity index (χ2v) is 11.9. The van der Waals surface area contributed by atoms with E-state index in [4.69, 9.17) is 16.3 Å². The van der Waals surface area contributed by atoms with Crippen LogP contribution in [0.15, 0.2) is 48.5 Å². The van der Waals surface area contributed by atoms with Gasteiger partial charge in [0.25, 0.3) is 16.1 Å². The van der Waals surface area contributed by atoms with Gasteiger partial charge in [-0.25, -0.2) is 4.39 Å². The third kappa shape index (κ3) is 5.40. The van der Waals surface area contributed by atoms with E-state index >= 15 is 0 Å². The quantitative estimate of drug-likeness (QED) is 0.360. The number of rotatable bonds is 8. The van der Waals surface area contributed by atoms with Crippen LogP contribution in [0.5, 0.6) is 5.75 Å². The summed E-state index contributed by atoms with van der Waals surface area (Å²) in [5.41, 5.74) is 0.428. The van der Waals surface area contributed by atoms with Crippen LogP contribution in [-0.2, 0) is 16.8 Å². The average molecular weight is 604 g/mol. The van der Waals surface area contributed by atoms with Crippen molar-refractivity contribution in [3.63, 3.8) is 0 Å². The molecule has 15 heteroatoms. The van der Waals surface area contributed by atoms with Crippen molar-refractivity contribution in [3.05, 3.63) is 76.2 Å². The Morgan fingerprint density at radius 1 is 1.12 bits per heavy atom. The normalized spacial score (nSPS) is 18.1. The molecule has 0 amide bonds. The van der Waals surface area contributed by atoms with Crippen LogP contribution in [0.2, 0.25) is 5.02 Å². The molecule has 1 aromatic heterocycles. The van der Waals surface area contributed by atoms with Gasteiger partial charge < -0.3 is 9.64 Å². The summed E-state index contributed by atoms with van der Waals surface area (Å²) in [4.78, 5) is 15.2. The van der Waals surface area contributed by atoms with Crippen molar-refractivity contribution in [1.82, 2.24) is 18.4 Å². The molecule has 0 aliphatic carbocycles. The lowest BCUT2D eigenvalue weighted by atomic mass is 9.87. The van der Waals surface area contributed by atoms with E-state index in [1.54, 1.807) is 19.2 Å². The Balaban J connectivity index is 1.86. The number of alkyl halides is 3. The Labute approximate surface area is 233 Å². The molecule has 0 spiro atoms. The number of hydrogen-bond acceptors (Lipinski definition) is 6. The van der Waals surface area contributed by atoms with Crippen LogP contribution >= 0.6 is 11.6 Å². The number of methoxy groups -OCH3 is 1. The molecule has 0 saturated carbocycles. The maximum absolute atomic E-state index is 14.3. The molecule has 2 atom stereocenters. The van der Waals surface area contributed by atoms with E-state index in [-0.39, 0.29) is 34.4 Å². The lowest BCUT2D eigenvalue weighted by molar-refractivity contribution is -0.201. The van der Waals surface area contributed by atoms with Gasteiger partial charge in [-0.05, 0) is 29.8 Å². The first-order chi connectivity index (χ1) is 18.7. The number of anilines is 1. The van der Waals surface area contributed by atoms with Crippen LogP contribution < -0.4 is 9.64 Å². The van der Waals surface area contributed by atoms with E-state index in [2.05, 4.69) is 5.10 Å². The van der Waals surface area contributed by atoms with Crippen LogP contribution in [0.25, 0.3) is 0 Å². The number of benzene rings is 2. The summed E-state index contributed by atoms with van der Waals surface area (Å²) in [6.45, 7) is -0.439. The summed E-state index contributed by atoms with van der Waals surface area (Å²) in [5.74, 6) is -2.78. The second-order valence-electron chi connectivity index (χ2n) is 9.37. The molecule has 1 saturated heterocycles. The first-order valence-electron chi connectivity index (χ1n) is 11.9. The molecule has 1 fully saturated rings. The van der Waals surface area contributed by atoms with Crippen LogP contribution in [0.3, 0.4) is 0 Å². The fourth-order valence-corrected chi connectivity index (χ4v) is 6.10. The molecular formula is C25H26ClF4N5O4S. The number of ether oxygens (including phenoxy) is 1. The Hall–Kier alpha value is -3.20. The zero-order valence-corrected chi connectivity index (χ0v) is 23.4. The molecule has 0 N–H and O–H groups in total. The predicted octanol–water partition coefficient (Wildman–Crippen LogP) is 4.15. The van der Waals surface area contributed by atoms with Gasteiger partial charge in [0.05, 0.1) is 17.7 Å². The maximum atomic E-state index is 14.3. The molecule has 216 valence electrons. The Bertz CT molecular complexity index is 1510. The van der Waals surface area contributed by atoms with E-state index in [1.807, 2.05) is 0 Å². The minimum absolute atomic E-state index is 0.0154. The summed E-state index contributed by atoms with van der Waals surface area (Å²) in [7, 11) is 0.636. The van der Waals surface area contributed by atoms with Crippen LogP contribution in [0.1, 0.15) is 27.5 Å². The summed E-state index contributed by atoms with van der Waals surface area (Å²) in [6.07, 6.45) is -4.95. The highest BCUT2D eigenvalue weighted by Gasteiger charge is 2.62. The molecule has 4 rings (SSSR count). The van der Waals surface area contributed by atoms with Gasteiger partial charge in [0.15, 0.2) is 11.6 Å². The number of carbonyl (C=O) groups is 1. The molecule has 2 heterocycles. The van der Waals surface area contributed by atoms with Crippen molar-refractivity contribution in [3.8, 4) is 5.75 Å². The standard InChI is InChI=1S/C25H26ClF4N5O4S/c1-32(2)40(37,38)34-14-18(22(34)25(28,29)30)20-21(39-4)23(33(3)13-15-9-11-16(27)12-10-15)35(31-20)24(36)17-7-5-6-8-19(17)26/h5-12,18,22H,13-14H2,1-4H3. The largest absolute Gasteiger partial charge is 0.491 e. The number of nitrogens with zero attached hydrogens (tertiary/aromatic N) is 5. The minimum Gasteiger partial charge on any atom is -0.491 e. The lowest BCUT2D eigenvalue weighted by Gasteiger charge is -2.47. The van der Waals surface area contributed by atoms with Gasteiger partial charge in [0, 0.05) is 40.2 Å². The van der Waals surface area contributed by atoms with Crippen LogP contribution in [0.4, 0.5) is 23.4 Å². The number of hydrogen-bond donors (Lipinski definition) is 0. The second kappa shape index (κ2) is 11.0. The fraction of sp³-hybridized carbons (Fsp3) is 0.360. The molecule has 0 radical (unpaired) electrons. The summed E-state index contributed by atoms with van der Waals surface area (Å²) < 4.78 is 88.9. The van der Waals surface area contributed by atoms with E-state index in [9.17, 15) is 30.8 Å². The zero-order valence-electron chi connectivity index (χ0n) is 21.9. The lowest BCUT2D eigenvalue weighted by Crippen LogP contribution is -2.65. The molecule has 9 nitrogen and oxygen atoms in total. The molecule has 0 bridgehead atoms. The fourth-order valence-electron chi connectivity index (χ4n) is 4.56. The molecular weight excluding hydrogens is 578 g/mol. The van der Waals surface area contributed by atoms with Gasteiger partial charge in [-0.3, -0.25) is 4.79 Å².